The summed E-state index contributed by atoms with van der Waals surface area (Å²) in [6.45, 7) is 2.57. The third-order valence-corrected chi connectivity index (χ3v) is 5.59. The summed E-state index contributed by atoms with van der Waals surface area (Å²) in [6.07, 6.45) is -0.0713. The highest BCUT2D eigenvalue weighted by Crippen LogP contribution is 2.20. The van der Waals surface area contributed by atoms with Gasteiger partial charge >= 0.3 is 5.97 Å². The molecule has 0 radical (unpaired) electrons. The lowest BCUT2D eigenvalue weighted by molar-refractivity contribution is -0.141. The predicted octanol–water partition coefficient (Wildman–Crippen LogP) is 6.03. The number of anilines is 2. The summed E-state index contributed by atoms with van der Waals surface area (Å²) in [5.74, 6) is -0.565. The normalized spacial score (nSPS) is 10.5. The Morgan fingerprint density at radius 2 is 1.57 bits per heavy atom. The van der Waals surface area contributed by atoms with Gasteiger partial charge in [-0.1, -0.05) is 60.7 Å². The molecule has 176 valence electrons. The topological polar surface area (TPSA) is 91.3 Å². The zero-order valence-electron chi connectivity index (χ0n) is 19.5. The average molecular weight is 466 g/mol. The number of para-hydroxylation sites is 1. The van der Waals surface area contributed by atoms with Crippen molar-refractivity contribution >= 4 is 39.7 Å². The molecule has 0 aliphatic carbocycles. The highest BCUT2D eigenvalue weighted by atomic mass is 16.5. The summed E-state index contributed by atoms with van der Waals surface area (Å²) in [4.78, 5) is 24.5. The lowest BCUT2D eigenvalue weighted by Crippen LogP contribution is -2.13. The molecule has 3 N–H and O–H groups in total. The maximum Gasteiger partial charge on any atom is 0.311 e. The fourth-order valence-electron chi connectivity index (χ4n) is 3.79. The van der Waals surface area contributed by atoms with E-state index < -0.39 is 5.97 Å². The summed E-state index contributed by atoms with van der Waals surface area (Å²) >= 11 is 0. The van der Waals surface area contributed by atoms with Crippen LogP contribution in [-0.4, -0.2) is 24.2 Å². The third kappa shape index (κ3) is 6.12. The number of hydrogen-bond acceptors (Lipinski definition) is 5. The van der Waals surface area contributed by atoms with Crippen LogP contribution >= 0.6 is 0 Å². The van der Waals surface area contributed by atoms with Crippen LogP contribution in [0.4, 0.5) is 11.4 Å². The van der Waals surface area contributed by atoms with Crippen LogP contribution in [0.15, 0.2) is 91.0 Å². The number of ether oxygens (including phenoxy) is 1. The number of hydrogen-bond donors (Lipinski definition) is 3. The smallest absolute Gasteiger partial charge is 0.311 e. The van der Waals surface area contributed by atoms with Crippen LogP contribution in [0.3, 0.4) is 0 Å². The van der Waals surface area contributed by atoms with Crippen LogP contribution in [0.2, 0.25) is 0 Å². The quantitative estimate of drug-likeness (QED) is 0.208. The van der Waals surface area contributed by atoms with Gasteiger partial charge in [-0.3, -0.25) is 9.59 Å². The van der Waals surface area contributed by atoms with Gasteiger partial charge < -0.3 is 20.8 Å². The van der Waals surface area contributed by atoms with Gasteiger partial charge in [-0.2, -0.15) is 0 Å². The van der Waals surface area contributed by atoms with Crippen molar-refractivity contribution in [2.24, 2.45) is 0 Å². The Morgan fingerprint density at radius 1 is 0.857 bits per heavy atom. The Kier molecular flexibility index (Phi) is 7.53. The van der Waals surface area contributed by atoms with Crippen molar-refractivity contribution in [2.45, 2.75) is 19.9 Å². The molecule has 4 rings (SSSR count). The molecular weight excluding hydrogens is 438 g/mol. The average Bonchev–Trinajstić information content (AvgIpc) is 2.88. The number of esters is 1. The maximum atomic E-state index is 12.7. The van der Waals surface area contributed by atoms with Gasteiger partial charge in [0.2, 0.25) is 0 Å². The Labute approximate surface area is 204 Å². The molecule has 0 spiro atoms. The fraction of sp³-hybridized carbons (Fsp3) is 0.138. The van der Waals surface area contributed by atoms with Gasteiger partial charge in [0.05, 0.1) is 18.7 Å². The maximum absolute atomic E-state index is 12.7. The summed E-state index contributed by atoms with van der Waals surface area (Å²) in [6, 6.07) is 28.6. The van der Waals surface area contributed by atoms with Gasteiger partial charge in [0.15, 0.2) is 0 Å². The van der Waals surface area contributed by atoms with E-state index in [0.717, 1.165) is 22.0 Å². The van der Waals surface area contributed by atoms with Gasteiger partial charge in [-0.05, 0) is 53.6 Å². The number of rotatable bonds is 9. The predicted molar refractivity (Wildman–Crippen MR) is 140 cm³/mol. The highest BCUT2D eigenvalue weighted by molar-refractivity contribution is 6.10. The molecule has 0 unspecified atom stereocenters. The third-order valence-electron chi connectivity index (χ3n) is 5.59. The molecule has 0 aliphatic rings. The molecule has 0 atom stereocenters. The van der Waals surface area contributed by atoms with Crippen molar-refractivity contribution in [3.05, 3.63) is 108 Å². The Bertz CT molecular complexity index is 1360. The van der Waals surface area contributed by atoms with E-state index in [1.165, 1.54) is 0 Å². The molecular formula is C29H27N3O3. The number of nitrogens with one attached hydrogen (secondary N) is 3. The molecule has 0 heterocycles. The monoisotopic (exact) mass is 465 g/mol. The largest absolute Gasteiger partial charge is 0.466 e. The number of carbonyl (C=O) groups is 2. The summed E-state index contributed by atoms with van der Waals surface area (Å²) in [5.41, 5.74) is 3.98. The van der Waals surface area contributed by atoms with Gasteiger partial charge in [0.1, 0.15) is 0 Å². The molecule has 1 amide bonds. The van der Waals surface area contributed by atoms with Gasteiger partial charge in [0.25, 0.3) is 5.91 Å². The Hall–Kier alpha value is -4.45. The molecule has 6 heteroatoms. The second-order valence-electron chi connectivity index (χ2n) is 8.07. The Balaban J connectivity index is 1.37. The second-order valence-corrected chi connectivity index (χ2v) is 8.07. The molecule has 4 aromatic rings. The first-order valence-electron chi connectivity index (χ1n) is 11.5. The molecule has 0 aliphatic heterocycles. The van der Waals surface area contributed by atoms with Crippen LogP contribution in [0.5, 0.6) is 0 Å². The molecule has 6 nitrogen and oxygen atoms in total. The zero-order valence-corrected chi connectivity index (χ0v) is 19.5. The van der Waals surface area contributed by atoms with E-state index in [0.29, 0.717) is 30.0 Å². The van der Waals surface area contributed by atoms with Crippen molar-refractivity contribution in [2.75, 3.05) is 17.2 Å². The van der Waals surface area contributed by atoms with Gasteiger partial charge in [0, 0.05) is 29.0 Å². The van der Waals surface area contributed by atoms with E-state index >= 15 is 0 Å². The fourth-order valence-corrected chi connectivity index (χ4v) is 3.79. The molecule has 4 aromatic carbocycles. The minimum atomic E-state index is -0.409. The first-order chi connectivity index (χ1) is 17.0. The SMILES string of the molecule is CCOC(=O)CC(=N)c1ccccc1NCc1ccc(NC(=O)c2ccc3ccccc3c2)cc1. The number of amides is 1. The van der Waals surface area contributed by atoms with E-state index in [4.69, 9.17) is 10.1 Å². The lowest BCUT2D eigenvalue weighted by atomic mass is 10.0. The molecule has 0 saturated heterocycles. The van der Waals surface area contributed by atoms with Gasteiger partial charge in [-0.15, -0.1) is 0 Å². The first-order valence-corrected chi connectivity index (χ1v) is 11.5. The zero-order chi connectivity index (χ0) is 24.6. The van der Waals surface area contributed by atoms with Crippen molar-refractivity contribution in [1.82, 2.24) is 0 Å². The van der Waals surface area contributed by atoms with E-state index in [2.05, 4.69) is 10.6 Å². The van der Waals surface area contributed by atoms with Crippen molar-refractivity contribution < 1.29 is 14.3 Å². The minimum absolute atomic E-state index is 0.0713. The summed E-state index contributed by atoms with van der Waals surface area (Å²) in [5, 5.41) is 16.7. The van der Waals surface area contributed by atoms with Crippen molar-refractivity contribution in [3.63, 3.8) is 0 Å². The van der Waals surface area contributed by atoms with Crippen LogP contribution in [0.1, 0.15) is 34.8 Å². The van der Waals surface area contributed by atoms with Crippen LogP contribution in [0, 0.1) is 5.41 Å². The van der Waals surface area contributed by atoms with E-state index in [1.54, 1.807) is 6.92 Å². The summed E-state index contributed by atoms with van der Waals surface area (Å²) < 4.78 is 4.96. The van der Waals surface area contributed by atoms with Gasteiger partial charge in [-0.25, -0.2) is 0 Å². The standard InChI is InChI=1S/C29H27N3O3/c1-2-35-28(33)18-26(30)25-9-5-6-10-27(25)31-19-20-11-15-24(16-12-20)32-29(34)23-14-13-21-7-3-4-8-22(21)17-23/h3-17,30-31H,2,18-19H2,1H3,(H,32,34). The lowest BCUT2D eigenvalue weighted by Gasteiger charge is -2.13. The molecule has 0 aromatic heterocycles. The number of fused-ring (bicyclic) bond motifs is 1. The second kappa shape index (κ2) is 11.1. The number of benzene rings is 4. The van der Waals surface area contributed by atoms with E-state index in [-0.39, 0.29) is 18.0 Å². The number of carbonyl (C=O) groups excluding carboxylic acids is 2. The van der Waals surface area contributed by atoms with E-state index in [9.17, 15) is 9.59 Å². The highest BCUT2D eigenvalue weighted by Gasteiger charge is 2.13. The minimum Gasteiger partial charge on any atom is -0.466 e. The molecule has 0 bridgehead atoms. The van der Waals surface area contributed by atoms with Crippen molar-refractivity contribution in [1.29, 1.82) is 5.41 Å². The molecule has 35 heavy (non-hydrogen) atoms. The molecule has 0 fully saturated rings. The van der Waals surface area contributed by atoms with Crippen LogP contribution in [-0.2, 0) is 16.1 Å². The van der Waals surface area contributed by atoms with Crippen LogP contribution < -0.4 is 10.6 Å². The van der Waals surface area contributed by atoms with Crippen LogP contribution in [0.25, 0.3) is 10.8 Å². The van der Waals surface area contributed by atoms with E-state index in [1.807, 2.05) is 91.0 Å². The first kappa shape index (κ1) is 23.7. The molecule has 0 saturated carbocycles. The Morgan fingerprint density at radius 3 is 2.34 bits per heavy atom. The summed E-state index contributed by atoms with van der Waals surface area (Å²) in [7, 11) is 0. The van der Waals surface area contributed by atoms with Crippen molar-refractivity contribution in [3.8, 4) is 0 Å².